The van der Waals surface area contributed by atoms with Crippen LogP contribution in [0.4, 0.5) is 0 Å². The first-order chi connectivity index (χ1) is 11.5. The number of hydrogen-bond donors (Lipinski definition) is 2. The number of hydrogen-bond acceptors (Lipinski definition) is 4. The number of amides is 1. The lowest BCUT2D eigenvalue weighted by atomic mass is 10.0. The number of nitrogens with one attached hydrogen (secondary N) is 1. The average molecular weight is 341 g/mol. The summed E-state index contributed by atoms with van der Waals surface area (Å²) in [6.07, 6.45) is 0. The van der Waals surface area contributed by atoms with E-state index in [2.05, 4.69) is 5.32 Å². The molecule has 2 N–H and O–H groups in total. The molecule has 1 atom stereocenters. The van der Waals surface area contributed by atoms with Gasteiger partial charge in [0, 0.05) is 9.58 Å². The Morgan fingerprint density at radius 2 is 1.92 bits per heavy atom. The van der Waals surface area contributed by atoms with Crippen molar-refractivity contribution in [2.24, 2.45) is 0 Å². The zero-order valence-electron chi connectivity index (χ0n) is 13.6. The molecular formula is C19H19NO3S. The van der Waals surface area contributed by atoms with Gasteiger partial charge in [-0.1, -0.05) is 30.3 Å². The van der Waals surface area contributed by atoms with Gasteiger partial charge >= 0.3 is 0 Å². The van der Waals surface area contributed by atoms with E-state index in [9.17, 15) is 9.90 Å². The topological polar surface area (TPSA) is 58.6 Å². The number of carbonyl (C=O) groups excluding carboxylic acids is 1. The van der Waals surface area contributed by atoms with Crippen molar-refractivity contribution in [3.8, 4) is 5.75 Å². The van der Waals surface area contributed by atoms with Gasteiger partial charge in [-0.05, 0) is 36.6 Å². The summed E-state index contributed by atoms with van der Waals surface area (Å²) in [4.78, 5) is 13.2. The van der Waals surface area contributed by atoms with Gasteiger partial charge in [0.25, 0.3) is 5.91 Å². The van der Waals surface area contributed by atoms with Crippen LogP contribution in [0, 0.1) is 0 Å². The molecular weight excluding hydrogens is 322 g/mol. The lowest BCUT2D eigenvalue weighted by molar-refractivity contribution is 0.0556. The van der Waals surface area contributed by atoms with Gasteiger partial charge in [0.1, 0.15) is 11.4 Å². The minimum atomic E-state index is -1.14. The number of aliphatic hydroxyl groups is 1. The van der Waals surface area contributed by atoms with Gasteiger partial charge in [-0.2, -0.15) is 0 Å². The van der Waals surface area contributed by atoms with Crippen LogP contribution in [0.15, 0.2) is 54.6 Å². The standard InChI is InChI=1S/C19H19NO3S/c1-19(22,17-11-13-7-3-6-10-16(13)24-17)12-20-18(21)14-8-4-5-9-15(14)23-2/h3-11,22H,12H2,1-2H3,(H,20,21)/t19-/m0/s1. The molecule has 4 nitrogen and oxygen atoms in total. The highest BCUT2D eigenvalue weighted by molar-refractivity contribution is 7.19. The van der Waals surface area contributed by atoms with Crippen molar-refractivity contribution in [2.75, 3.05) is 13.7 Å². The molecule has 0 bridgehead atoms. The summed E-state index contributed by atoms with van der Waals surface area (Å²) in [5, 5.41) is 14.7. The lowest BCUT2D eigenvalue weighted by Gasteiger charge is -2.22. The average Bonchev–Trinajstić information content (AvgIpc) is 3.05. The summed E-state index contributed by atoms with van der Waals surface area (Å²) in [6, 6.07) is 17.0. The second-order valence-electron chi connectivity index (χ2n) is 5.81. The van der Waals surface area contributed by atoms with Crippen LogP contribution in [0.2, 0.25) is 0 Å². The van der Waals surface area contributed by atoms with Gasteiger partial charge in [0.15, 0.2) is 0 Å². The van der Waals surface area contributed by atoms with Gasteiger partial charge in [0.05, 0.1) is 19.2 Å². The first kappa shape index (κ1) is 16.5. The molecule has 0 fully saturated rings. The fraction of sp³-hybridized carbons (Fsp3) is 0.211. The Morgan fingerprint density at radius 1 is 1.21 bits per heavy atom. The third kappa shape index (κ3) is 3.27. The molecule has 0 unspecified atom stereocenters. The third-order valence-electron chi connectivity index (χ3n) is 3.90. The van der Waals surface area contributed by atoms with Crippen molar-refractivity contribution in [3.05, 3.63) is 65.0 Å². The number of rotatable bonds is 5. The highest BCUT2D eigenvalue weighted by atomic mass is 32.1. The number of para-hydroxylation sites is 1. The van der Waals surface area contributed by atoms with Crippen LogP contribution < -0.4 is 10.1 Å². The lowest BCUT2D eigenvalue weighted by Crippen LogP contribution is -2.38. The summed E-state index contributed by atoms with van der Waals surface area (Å²) in [6.45, 7) is 1.83. The molecule has 0 radical (unpaired) electrons. The normalized spacial score (nSPS) is 13.5. The maximum Gasteiger partial charge on any atom is 0.255 e. The van der Waals surface area contributed by atoms with Crippen molar-refractivity contribution in [1.29, 1.82) is 0 Å². The zero-order valence-corrected chi connectivity index (χ0v) is 14.4. The van der Waals surface area contributed by atoms with Gasteiger partial charge in [-0.25, -0.2) is 0 Å². The monoisotopic (exact) mass is 341 g/mol. The first-order valence-electron chi connectivity index (χ1n) is 7.64. The number of benzene rings is 2. The van der Waals surface area contributed by atoms with Crippen molar-refractivity contribution < 1.29 is 14.6 Å². The fourth-order valence-corrected chi connectivity index (χ4v) is 3.62. The van der Waals surface area contributed by atoms with E-state index in [1.54, 1.807) is 25.1 Å². The number of thiophene rings is 1. The van der Waals surface area contributed by atoms with E-state index in [0.29, 0.717) is 11.3 Å². The SMILES string of the molecule is COc1ccccc1C(=O)NC[C@](C)(O)c1cc2ccccc2s1. The first-order valence-corrected chi connectivity index (χ1v) is 8.45. The van der Waals surface area contributed by atoms with Gasteiger partial charge in [-0.3, -0.25) is 4.79 Å². The van der Waals surface area contributed by atoms with Crippen LogP contribution in [-0.4, -0.2) is 24.7 Å². The van der Waals surface area contributed by atoms with Crippen molar-refractivity contribution >= 4 is 27.3 Å². The molecule has 124 valence electrons. The Morgan fingerprint density at radius 3 is 2.67 bits per heavy atom. The molecule has 1 heterocycles. The molecule has 0 aliphatic carbocycles. The van der Waals surface area contributed by atoms with Gasteiger partial charge < -0.3 is 15.2 Å². The molecule has 2 aromatic carbocycles. The molecule has 5 heteroatoms. The predicted molar refractivity (Wildman–Crippen MR) is 96.7 cm³/mol. The maximum absolute atomic E-state index is 12.4. The van der Waals surface area contributed by atoms with Crippen LogP contribution in [0.3, 0.4) is 0 Å². The van der Waals surface area contributed by atoms with E-state index in [1.165, 1.54) is 18.4 Å². The highest BCUT2D eigenvalue weighted by Gasteiger charge is 2.26. The smallest absolute Gasteiger partial charge is 0.255 e. The number of carbonyl (C=O) groups is 1. The third-order valence-corrected chi connectivity index (χ3v) is 5.27. The molecule has 3 rings (SSSR count). The van der Waals surface area contributed by atoms with Crippen molar-refractivity contribution in [1.82, 2.24) is 5.32 Å². The predicted octanol–water partition coefficient (Wildman–Crippen LogP) is 3.55. The Bertz CT molecular complexity index is 837. The minimum Gasteiger partial charge on any atom is -0.496 e. The molecule has 1 amide bonds. The van der Waals surface area contributed by atoms with Gasteiger partial charge in [0.2, 0.25) is 0 Å². The molecule has 3 aromatic rings. The van der Waals surface area contributed by atoms with Crippen LogP contribution in [0.5, 0.6) is 5.75 Å². The molecule has 0 aliphatic heterocycles. The summed E-state index contributed by atoms with van der Waals surface area (Å²) >= 11 is 1.53. The Balaban J connectivity index is 1.76. The van der Waals surface area contributed by atoms with Crippen LogP contribution >= 0.6 is 11.3 Å². The molecule has 0 saturated heterocycles. The highest BCUT2D eigenvalue weighted by Crippen LogP contribution is 2.32. The van der Waals surface area contributed by atoms with E-state index in [1.807, 2.05) is 36.4 Å². The van der Waals surface area contributed by atoms with Crippen LogP contribution in [0.1, 0.15) is 22.2 Å². The Labute approximate surface area is 144 Å². The summed E-state index contributed by atoms with van der Waals surface area (Å²) in [5.74, 6) is 0.241. The molecule has 0 saturated carbocycles. The van der Waals surface area contributed by atoms with Crippen LogP contribution in [0.25, 0.3) is 10.1 Å². The number of ether oxygens (including phenoxy) is 1. The van der Waals surface area contributed by atoms with Crippen LogP contribution in [-0.2, 0) is 5.60 Å². The largest absolute Gasteiger partial charge is 0.496 e. The van der Waals surface area contributed by atoms with E-state index in [4.69, 9.17) is 4.74 Å². The summed E-state index contributed by atoms with van der Waals surface area (Å²) < 4.78 is 6.32. The number of methoxy groups -OCH3 is 1. The van der Waals surface area contributed by atoms with E-state index in [-0.39, 0.29) is 12.5 Å². The van der Waals surface area contributed by atoms with E-state index in [0.717, 1.165) is 15.0 Å². The molecule has 1 aromatic heterocycles. The number of fused-ring (bicyclic) bond motifs is 1. The van der Waals surface area contributed by atoms with Crippen molar-refractivity contribution in [3.63, 3.8) is 0 Å². The fourth-order valence-electron chi connectivity index (χ4n) is 2.51. The minimum absolute atomic E-state index is 0.122. The molecule has 24 heavy (non-hydrogen) atoms. The maximum atomic E-state index is 12.4. The van der Waals surface area contributed by atoms with E-state index >= 15 is 0 Å². The second kappa shape index (κ2) is 6.63. The molecule has 0 spiro atoms. The van der Waals surface area contributed by atoms with Gasteiger partial charge in [-0.15, -0.1) is 11.3 Å². The van der Waals surface area contributed by atoms with E-state index < -0.39 is 5.60 Å². The summed E-state index contributed by atoms with van der Waals surface area (Å²) in [7, 11) is 1.53. The molecule has 0 aliphatic rings. The Hall–Kier alpha value is -2.37. The zero-order chi connectivity index (χ0) is 17.2. The quantitative estimate of drug-likeness (QED) is 0.746. The van der Waals surface area contributed by atoms with Crippen molar-refractivity contribution in [2.45, 2.75) is 12.5 Å². The summed E-state index contributed by atoms with van der Waals surface area (Å²) in [5.41, 5.74) is -0.686. The Kier molecular flexibility index (Phi) is 4.55. The second-order valence-corrected chi connectivity index (χ2v) is 6.89.